The number of para-hydroxylation sites is 1. The molecule has 3 aromatic carbocycles. The van der Waals surface area contributed by atoms with Crippen molar-refractivity contribution < 1.29 is 24.3 Å². The van der Waals surface area contributed by atoms with Crippen molar-refractivity contribution in [2.45, 2.75) is 51.0 Å². The summed E-state index contributed by atoms with van der Waals surface area (Å²) in [5, 5.41) is 23.4. The number of likely N-dealkylation sites (tertiary alicyclic amines) is 1. The van der Waals surface area contributed by atoms with Crippen LogP contribution in [0.4, 0.5) is 16.3 Å². The van der Waals surface area contributed by atoms with Gasteiger partial charge in [-0.15, -0.1) is 6.58 Å². The van der Waals surface area contributed by atoms with E-state index in [9.17, 15) is 24.3 Å². The maximum atomic E-state index is 14.7. The second kappa shape index (κ2) is 18.9. The average molecular weight is 839 g/mol. The number of aryl methyl sites for hydroxylation is 1. The molecule has 8 rings (SSSR count). The number of urea groups is 1. The standard InChI is InChI=1S/C47H54N10O5/c1-3-22-55-32-43(59)56-40(26-33-15-18-37(58)19-16-33)46(61)54(31-42(56)57(55)47(62)50-27-34-11-6-4-7-12-34)29-35-13-10-14-38-39(30-52(2)44(35)38)45(60)51-36-17-20-41(49-28-36)48-21-25-53-23-8-5-9-24-53/h3-4,6-7,10-20,28,30,40,42,58H,1,5,8-9,21-27,29,31-32H2,2H3,(H,48,49)(H,50,62)(H,51,60). The number of piperidine rings is 1. The number of carbonyl (C=O) groups is 4. The summed E-state index contributed by atoms with van der Waals surface area (Å²) in [6.45, 7) is 8.49. The van der Waals surface area contributed by atoms with Gasteiger partial charge in [0.25, 0.3) is 5.91 Å². The Balaban J connectivity index is 1.04. The van der Waals surface area contributed by atoms with Gasteiger partial charge in [-0.25, -0.2) is 19.8 Å². The van der Waals surface area contributed by atoms with Gasteiger partial charge in [0.2, 0.25) is 11.8 Å². The van der Waals surface area contributed by atoms with Crippen LogP contribution in [-0.2, 0) is 36.1 Å². The smallest absolute Gasteiger partial charge is 0.334 e. The van der Waals surface area contributed by atoms with E-state index < -0.39 is 18.2 Å². The molecule has 15 nitrogen and oxygen atoms in total. The Bertz CT molecular complexity index is 2400. The molecule has 2 atom stereocenters. The zero-order chi connectivity index (χ0) is 43.2. The molecule has 2 aromatic heterocycles. The van der Waals surface area contributed by atoms with Gasteiger partial charge < -0.3 is 40.3 Å². The number of carbonyl (C=O) groups excluding carboxylic acids is 4. The van der Waals surface area contributed by atoms with Crippen LogP contribution in [0.25, 0.3) is 10.9 Å². The van der Waals surface area contributed by atoms with E-state index in [1.165, 1.54) is 19.3 Å². The van der Waals surface area contributed by atoms with Crippen molar-refractivity contribution in [1.82, 2.24) is 39.6 Å². The lowest BCUT2D eigenvalue weighted by atomic mass is 9.98. The number of hydrazine groups is 1. The summed E-state index contributed by atoms with van der Waals surface area (Å²) in [7, 11) is 1.87. The minimum Gasteiger partial charge on any atom is -0.508 e. The van der Waals surface area contributed by atoms with Crippen LogP contribution >= 0.6 is 0 Å². The fourth-order valence-corrected chi connectivity index (χ4v) is 8.92. The fourth-order valence-electron chi connectivity index (χ4n) is 8.92. The third-order valence-corrected chi connectivity index (χ3v) is 11.9. The highest BCUT2D eigenvalue weighted by Crippen LogP contribution is 2.32. The molecule has 0 spiro atoms. The number of fused-ring (bicyclic) bond motifs is 2. The van der Waals surface area contributed by atoms with Gasteiger partial charge in [-0.3, -0.25) is 14.4 Å². The topological polar surface area (TPSA) is 159 Å². The number of benzene rings is 3. The molecule has 2 unspecified atom stereocenters. The van der Waals surface area contributed by atoms with Crippen LogP contribution in [0, 0.1) is 0 Å². The lowest BCUT2D eigenvalue weighted by Gasteiger charge is -2.55. The van der Waals surface area contributed by atoms with Gasteiger partial charge in [-0.05, 0) is 66.9 Å². The van der Waals surface area contributed by atoms with Crippen molar-refractivity contribution >= 4 is 46.2 Å². The second-order valence-corrected chi connectivity index (χ2v) is 16.2. The molecule has 0 aliphatic carbocycles. The van der Waals surface area contributed by atoms with Crippen LogP contribution in [0.1, 0.15) is 46.3 Å². The van der Waals surface area contributed by atoms with Crippen LogP contribution in [-0.4, -0.2) is 121 Å². The van der Waals surface area contributed by atoms with E-state index in [1.54, 1.807) is 62.6 Å². The van der Waals surface area contributed by atoms with Crippen LogP contribution < -0.4 is 16.0 Å². The van der Waals surface area contributed by atoms with Gasteiger partial charge in [0.15, 0.2) is 0 Å². The predicted octanol–water partition coefficient (Wildman–Crippen LogP) is 5.17. The summed E-state index contributed by atoms with van der Waals surface area (Å²) in [5.41, 5.74) is 4.26. The molecule has 0 bridgehead atoms. The monoisotopic (exact) mass is 838 g/mol. The Labute approximate surface area is 361 Å². The largest absolute Gasteiger partial charge is 0.508 e. The minimum absolute atomic E-state index is 0.0350. The number of hydrogen-bond acceptors (Lipinski definition) is 9. The van der Waals surface area contributed by atoms with Gasteiger partial charge in [-0.2, -0.15) is 0 Å². The van der Waals surface area contributed by atoms with E-state index in [4.69, 9.17) is 0 Å². The number of amides is 5. The van der Waals surface area contributed by atoms with Crippen molar-refractivity contribution in [3.63, 3.8) is 0 Å². The first kappa shape index (κ1) is 42.0. The number of aromatic nitrogens is 2. The molecule has 15 heteroatoms. The second-order valence-electron chi connectivity index (χ2n) is 16.2. The quantitative estimate of drug-likeness (QED) is 0.111. The van der Waals surface area contributed by atoms with Crippen molar-refractivity contribution in [3.05, 3.63) is 132 Å². The Hall–Kier alpha value is -6.71. The number of rotatable bonds is 14. The number of anilines is 2. The number of piperazine rings is 1. The number of phenolic OH excluding ortho intramolecular Hbond substituents is 1. The van der Waals surface area contributed by atoms with Crippen LogP contribution in [0.2, 0.25) is 0 Å². The number of hydrogen-bond donors (Lipinski definition) is 4. The molecule has 5 heterocycles. The molecule has 3 saturated heterocycles. The van der Waals surface area contributed by atoms with Crippen molar-refractivity contribution in [2.24, 2.45) is 7.05 Å². The summed E-state index contributed by atoms with van der Waals surface area (Å²) < 4.78 is 1.89. The van der Waals surface area contributed by atoms with Gasteiger partial charge in [-0.1, -0.05) is 73.2 Å². The minimum atomic E-state index is -0.945. The lowest BCUT2D eigenvalue weighted by Crippen LogP contribution is -2.76. The predicted molar refractivity (Wildman–Crippen MR) is 238 cm³/mol. The maximum Gasteiger partial charge on any atom is 0.334 e. The molecular formula is C47H54N10O5. The third-order valence-electron chi connectivity index (χ3n) is 11.9. The highest BCUT2D eigenvalue weighted by Gasteiger charge is 2.51. The average Bonchev–Trinajstić information content (AvgIpc) is 3.63. The zero-order valence-electron chi connectivity index (χ0n) is 35.1. The molecular weight excluding hydrogens is 785 g/mol. The van der Waals surface area contributed by atoms with E-state index in [2.05, 4.69) is 32.4 Å². The molecule has 62 heavy (non-hydrogen) atoms. The van der Waals surface area contributed by atoms with Crippen LogP contribution in [0.3, 0.4) is 0 Å². The summed E-state index contributed by atoms with van der Waals surface area (Å²) >= 11 is 0. The fraction of sp³-hybridized carbons (Fsp3) is 0.340. The Morgan fingerprint density at radius 2 is 1.73 bits per heavy atom. The van der Waals surface area contributed by atoms with Crippen molar-refractivity contribution in [3.8, 4) is 5.75 Å². The summed E-state index contributed by atoms with van der Waals surface area (Å²) in [4.78, 5) is 67.1. The normalized spacial score (nSPS) is 18.4. The summed E-state index contributed by atoms with van der Waals surface area (Å²) in [6, 6.07) is 24.2. The van der Waals surface area contributed by atoms with Gasteiger partial charge in [0.1, 0.15) is 23.8 Å². The molecule has 322 valence electrons. The Morgan fingerprint density at radius 3 is 2.47 bits per heavy atom. The summed E-state index contributed by atoms with van der Waals surface area (Å²) in [6.07, 6.45) is 8.21. The van der Waals surface area contributed by atoms with E-state index in [0.29, 0.717) is 16.6 Å². The number of nitrogens with zero attached hydrogens (tertiary/aromatic N) is 7. The molecule has 4 N–H and O–H groups in total. The van der Waals surface area contributed by atoms with Gasteiger partial charge >= 0.3 is 6.03 Å². The van der Waals surface area contributed by atoms with Gasteiger partial charge in [0, 0.05) is 57.8 Å². The molecule has 3 aliphatic heterocycles. The number of aromatic hydroxyl groups is 1. The maximum absolute atomic E-state index is 14.7. The highest BCUT2D eigenvalue weighted by atomic mass is 16.3. The summed E-state index contributed by atoms with van der Waals surface area (Å²) in [5.74, 6) is -0.0137. The van der Waals surface area contributed by atoms with Gasteiger partial charge in [0.05, 0.1) is 36.1 Å². The van der Waals surface area contributed by atoms with Crippen molar-refractivity contribution in [1.29, 1.82) is 0 Å². The lowest BCUT2D eigenvalue weighted by molar-refractivity contribution is -0.189. The number of pyridine rings is 1. The van der Waals surface area contributed by atoms with E-state index in [0.717, 1.165) is 54.2 Å². The first-order valence-electron chi connectivity index (χ1n) is 21.3. The number of phenols is 1. The Kier molecular flexibility index (Phi) is 12.8. The first-order chi connectivity index (χ1) is 30.2. The zero-order valence-corrected chi connectivity index (χ0v) is 35.1. The number of nitrogens with one attached hydrogen (secondary N) is 3. The van der Waals surface area contributed by atoms with Crippen LogP contribution in [0.15, 0.2) is 110 Å². The molecule has 3 fully saturated rings. The molecule has 0 radical (unpaired) electrons. The highest BCUT2D eigenvalue weighted by molar-refractivity contribution is 6.13. The van der Waals surface area contributed by atoms with E-state index in [-0.39, 0.29) is 62.6 Å². The van der Waals surface area contributed by atoms with Crippen LogP contribution in [0.5, 0.6) is 5.75 Å². The first-order valence-corrected chi connectivity index (χ1v) is 21.3. The molecule has 5 aromatic rings. The Morgan fingerprint density at radius 1 is 0.935 bits per heavy atom. The third kappa shape index (κ3) is 9.28. The van der Waals surface area contributed by atoms with E-state index in [1.807, 2.05) is 72.3 Å². The molecule has 3 aliphatic rings. The SMILES string of the molecule is C=CCN1CC(=O)N2C(Cc3ccc(O)cc3)C(=O)N(Cc3cccc4c(C(=O)Nc5ccc(NCCN6CCCCC6)nc5)cn(C)c34)CC2N1C(=O)NCc1ccccc1. The molecule has 0 saturated carbocycles. The molecule has 5 amide bonds. The van der Waals surface area contributed by atoms with E-state index >= 15 is 0 Å². The van der Waals surface area contributed by atoms with Crippen molar-refractivity contribution in [2.75, 3.05) is 56.4 Å².